The summed E-state index contributed by atoms with van der Waals surface area (Å²) in [5, 5.41) is 14.7. The molecule has 0 radical (unpaired) electrons. The van der Waals surface area contributed by atoms with Crippen LogP contribution in [0.3, 0.4) is 0 Å². The first-order chi connectivity index (χ1) is 21.7. The molecule has 1 aliphatic heterocycles. The molecule has 0 amide bonds. The van der Waals surface area contributed by atoms with Gasteiger partial charge in [0.15, 0.2) is 0 Å². The molecule has 3 heterocycles. The average molecular weight is 586 g/mol. The Morgan fingerprint density at radius 1 is 0.886 bits per heavy atom. The van der Waals surface area contributed by atoms with E-state index in [9.17, 15) is 5.26 Å². The Bertz CT molecular complexity index is 2380. The number of hydrogen-bond acceptors (Lipinski definition) is 3. The van der Waals surface area contributed by atoms with Crippen LogP contribution in [0.5, 0.6) is 0 Å². The maximum atomic E-state index is 9.36. The average Bonchev–Trinajstić information content (AvgIpc) is 3.60. The van der Waals surface area contributed by atoms with Crippen molar-refractivity contribution in [2.45, 2.75) is 32.4 Å². The molecule has 9 rings (SSSR count). The Morgan fingerprint density at radius 3 is 2.64 bits per heavy atom. The largest absolute Gasteiger partial charge is 0.359 e. The van der Waals surface area contributed by atoms with Gasteiger partial charge in [0.25, 0.3) is 0 Å². The summed E-state index contributed by atoms with van der Waals surface area (Å²) in [6.07, 6.45) is 13.2. The number of fused-ring (bicyclic) bond motifs is 8. The zero-order chi connectivity index (χ0) is 29.4. The van der Waals surface area contributed by atoms with E-state index >= 15 is 0 Å². The van der Waals surface area contributed by atoms with E-state index in [1.165, 1.54) is 64.1 Å². The number of aromatic nitrogens is 1. The molecule has 3 atom stereocenters. The van der Waals surface area contributed by atoms with E-state index in [1.807, 2.05) is 17.4 Å². The van der Waals surface area contributed by atoms with Crippen molar-refractivity contribution in [3.05, 3.63) is 130 Å². The van der Waals surface area contributed by atoms with Gasteiger partial charge < -0.3 is 9.47 Å². The first-order valence-electron chi connectivity index (χ1n) is 15.6. The number of thiophene rings is 1. The van der Waals surface area contributed by atoms with Crippen molar-refractivity contribution in [3.8, 4) is 11.8 Å². The first-order valence-corrected chi connectivity index (χ1v) is 16.4. The van der Waals surface area contributed by atoms with Gasteiger partial charge in [0.1, 0.15) is 0 Å². The maximum Gasteiger partial charge on any atom is 0.0988 e. The monoisotopic (exact) mass is 585 g/mol. The van der Waals surface area contributed by atoms with Crippen LogP contribution in [0.15, 0.2) is 109 Å². The second-order valence-electron chi connectivity index (χ2n) is 12.5. The number of rotatable bonds is 4. The van der Waals surface area contributed by atoms with Gasteiger partial charge in [-0.05, 0) is 65.4 Å². The van der Waals surface area contributed by atoms with Crippen molar-refractivity contribution in [3.63, 3.8) is 0 Å². The lowest BCUT2D eigenvalue weighted by Gasteiger charge is -2.48. The lowest BCUT2D eigenvalue weighted by Crippen LogP contribution is -2.41. The minimum atomic E-state index is 0.308. The molecule has 4 heteroatoms. The molecule has 0 fully saturated rings. The molecule has 0 spiro atoms. The molecule has 6 aromatic rings. The molecule has 0 saturated heterocycles. The van der Waals surface area contributed by atoms with Gasteiger partial charge in [-0.1, -0.05) is 91.9 Å². The summed E-state index contributed by atoms with van der Waals surface area (Å²) in [6.45, 7) is 3.16. The van der Waals surface area contributed by atoms with Crippen LogP contribution in [-0.4, -0.2) is 4.57 Å². The summed E-state index contributed by atoms with van der Waals surface area (Å²) in [5.41, 5.74) is 8.56. The minimum absolute atomic E-state index is 0.308. The lowest BCUT2D eigenvalue weighted by atomic mass is 9.79. The number of para-hydroxylation sites is 2. The Balaban J connectivity index is 1.17. The van der Waals surface area contributed by atoms with Crippen LogP contribution in [0.25, 0.3) is 49.7 Å². The summed E-state index contributed by atoms with van der Waals surface area (Å²) in [4.78, 5) is 2.55. The molecule has 44 heavy (non-hydrogen) atoms. The molecule has 0 bridgehead atoms. The van der Waals surface area contributed by atoms with Crippen molar-refractivity contribution in [2.24, 2.45) is 11.8 Å². The van der Waals surface area contributed by atoms with Crippen LogP contribution in [-0.2, 0) is 6.54 Å². The van der Waals surface area contributed by atoms with Crippen LogP contribution in [0, 0.1) is 23.2 Å². The maximum absolute atomic E-state index is 9.36. The summed E-state index contributed by atoms with van der Waals surface area (Å²) in [6, 6.07) is 34.1. The summed E-state index contributed by atoms with van der Waals surface area (Å²) < 4.78 is 5.29. The molecular formula is C40H31N3S. The Morgan fingerprint density at radius 2 is 1.75 bits per heavy atom. The molecule has 3 unspecified atom stereocenters. The topological polar surface area (TPSA) is 32.0 Å². The van der Waals surface area contributed by atoms with Gasteiger partial charge in [-0.15, -0.1) is 11.3 Å². The predicted octanol–water partition coefficient (Wildman–Crippen LogP) is 8.69. The fourth-order valence-corrected chi connectivity index (χ4v) is 8.99. The zero-order valence-electron chi connectivity index (χ0n) is 24.6. The molecular weight excluding hydrogens is 555 g/mol. The van der Waals surface area contributed by atoms with E-state index < -0.39 is 0 Å². The quantitative estimate of drug-likeness (QED) is 0.207. The molecule has 2 aromatic heterocycles. The Labute approximate surface area is 260 Å². The van der Waals surface area contributed by atoms with Crippen LogP contribution in [0.1, 0.15) is 36.9 Å². The van der Waals surface area contributed by atoms with Gasteiger partial charge in [0, 0.05) is 50.1 Å². The summed E-state index contributed by atoms with van der Waals surface area (Å²) in [7, 11) is 0. The van der Waals surface area contributed by atoms with Crippen LogP contribution in [0.4, 0.5) is 5.69 Å². The molecule has 3 nitrogen and oxygen atoms in total. The van der Waals surface area contributed by atoms with Crippen molar-refractivity contribution >= 4 is 61.1 Å². The molecule has 4 aromatic carbocycles. The summed E-state index contributed by atoms with van der Waals surface area (Å²) >= 11 is 1.95. The number of nitriles is 1. The second kappa shape index (κ2) is 9.84. The zero-order valence-corrected chi connectivity index (χ0v) is 25.4. The van der Waals surface area contributed by atoms with Gasteiger partial charge in [-0.2, -0.15) is 5.26 Å². The number of anilines is 1. The van der Waals surface area contributed by atoms with Crippen molar-refractivity contribution in [1.29, 1.82) is 5.26 Å². The normalized spacial score (nSPS) is 20.4. The highest BCUT2D eigenvalue weighted by Gasteiger charge is 2.38. The Hall–Kier alpha value is -4.85. The van der Waals surface area contributed by atoms with Gasteiger partial charge in [-0.3, -0.25) is 0 Å². The number of benzene rings is 4. The van der Waals surface area contributed by atoms with E-state index in [0.717, 1.165) is 25.0 Å². The smallest absolute Gasteiger partial charge is 0.0988 e. The van der Waals surface area contributed by atoms with E-state index in [1.54, 1.807) is 0 Å². The van der Waals surface area contributed by atoms with Crippen molar-refractivity contribution in [1.82, 2.24) is 4.57 Å². The molecule has 0 saturated carbocycles. The highest BCUT2D eigenvalue weighted by Crippen LogP contribution is 2.50. The third-order valence-electron chi connectivity index (χ3n) is 9.77. The SMILES string of the molecule is CC1C=c2c(sc3c2ccc2c4ccccc4n(-c4cccc(CN5c6ccccc6C5C5C=CC(C#N)=CC5)c4)c23)=CC1. The number of allylic oxidation sites excluding steroid dienone is 3. The molecule has 3 aliphatic rings. The van der Waals surface area contributed by atoms with Gasteiger partial charge in [-0.25, -0.2) is 0 Å². The van der Waals surface area contributed by atoms with Crippen LogP contribution in [0.2, 0.25) is 0 Å². The van der Waals surface area contributed by atoms with Crippen molar-refractivity contribution < 1.29 is 0 Å². The molecule has 0 N–H and O–H groups in total. The van der Waals surface area contributed by atoms with E-state index in [-0.39, 0.29) is 0 Å². The van der Waals surface area contributed by atoms with Crippen LogP contribution < -0.4 is 14.7 Å². The molecule has 212 valence electrons. The van der Waals surface area contributed by atoms with Gasteiger partial charge in [0.05, 0.1) is 27.8 Å². The van der Waals surface area contributed by atoms with Crippen molar-refractivity contribution in [2.75, 3.05) is 4.90 Å². The van der Waals surface area contributed by atoms with Gasteiger partial charge in [0.2, 0.25) is 0 Å². The fourth-order valence-electron chi connectivity index (χ4n) is 7.72. The van der Waals surface area contributed by atoms with E-state index in [2.05, 4.69) is 132 Å². The highest BCUT2D eigenvalue weighted by molar-refractivity contribution is 7.18. The molecule has 2 aliphatic carbocycles. The minimum Gasteiger partial charge on any atom is -0.359 e. The first kappa shape index (κ1) is 25.6. The Kier molecular flexibility index (Phi) is 5.73. The predicted molar refractivity (Wildman–Crippen MR) is 184 cm³/mol. The summed E-state index contributed by atoms with van der Waals surface area (Å²) in [5.74, 6) is 0.930. The van der Waals surface area contributed by atoms with Crippen LogP contribution >= 0.6 is 11.3 Å². The third-order valence-corrected chi connectivity index (χ3v) is 11.0. The highest BCUT2D eigenvalue weighted by atomic mass is 32.1. The number of nitrogens with zero attached hydrogens (tertiary/aromatic N) is 3. The second-order valence-corrected chi connectivity index (χ2v) is 13.5. The number of hydrogen-bond donors (Lipinski definition) is 0. The van der Waals surface area contributed by atoms with Gasteiger partial charge >= 0.3 is 0 Å². The lowest BCUT2D eigenvalue weighted by molar-refractivity contribution is 0.439. The van der Waals surface area contributed by atoms with E-state index in [0.29, 0.717) is 17.9 Å². The van der Waals surface area contributed by atoms with E-state index in [4.69, 9.17) is 0 Å². The standard InChI is InChI=1S/C40H31N3S/c1-25-13-20-37-34(21-25)32-19-18-31-30-9-2-5-12-36(30)43(39(31)40(32)44-37)29-8-6-7-27(22-29)24-42-35-11-4-3-10-33(35)38(42)28-16-14-26(23-41)15-17-28/h2-12,14-16,18-22,25,28,38H,13,17,24H2,1H3. The fraction of sp³-hybridized carbons (Fsp3) is 0.175. The third kappa shape index (κ3) is 3.79.